The van der Waals surface area contributed by atoms with E-state index in [0.29, 0.717) is 6.54 Å². The van der Waals surface area contributed by atoms with Crippen LogP contribution >= 0.6 is 23.2 Å². The van der Waals surface area contributed by atoms with Gasteiger partial charge in [-0.3, -0.25) is 0 Å². The minimum atomic E-state index is -4.48. The van der Waals surface area contributed by atoms with Crippen LogP contribution in [-0.4, -0.2) is 23.8 Å². The van der Waals surface area contributed by atoms with Gasteiger partial charge < -0.3 is 10.1 Å². The van der Waals surface area contributed by atoms with Gasteiger partial charge in [0.2, 0.25) is 5.88 Å². The van der Waals surface area contributed by atoms with E-state index in [4.69, 9.17) is 23.2 Å². The summed E-state index contributed by atoms with van der Waals surface area (Å²) >= 11 is 11.5. The van der Waals surface area contributed by atoms with Crippen LogP contribution < -0.4 is 10.1 Å². The summed E-state index contributed by atoms with van der Waals surface area (Å²) in [5.41, 5.74) is 0. The van der Waals surface area contributed by atoms with Crippen LogP contribution in [0.5, 0.6) is 5.88 Å². The van der Waals surface area contributed by atoms with Gasteiger partial charge in [-0.05, 0) is 19.9 Å². The number of nitrogens with zero attached hydrogens (tertiary/aromatic N) is 1. The van der Waals surface area contributed by atoms with Gasteiger partial charge in [0.1, 0.15) is 10.8 Å². The second-order valence-electron chi connectivity index (χ2n) is 3.44. The molecule has 0 amide bonds. The first-order chi connectivity index (χ1) is 8.25. The highest BCUT2D eigenvalue weighted by Gasteiger charge is 2.38. The molecule has 0 bridgehead atoms. The van der Waals surface area contributed by atoms with E-state index in [-0.39, 0.29) is 21.7 Å². The molecule has 1 rings (SSSR count). The van der Waals surface area contributed by atoms with Crippen LogP contribution in [0, 0.1) is 0 Å². The van der Waals surface area contributed by atoms with E-state index >= 15 is 0 Å². The number of nitrogens with one attached hydrogen (secondary N) is 1. The molecule has 0 spiro atoms. The van der Waals surface area contributed by atoms with Gasteiger partial charge in [-0.1, -0.05) is 23.2 Å². The highest BCUT2D eigenvalue weighted by Crippen LogP contribution is 2.33. The third-order valence-electron chi connectivity index (χ3n) is 1.99. The minimum Gasteiger partial charge on any atom is -0.464 e. The van der Waals surface area contributed by atoms with Crippen molar-refractivity contribution in [3.63, 3.8) is 0 Å². The van der Waals surface area contributed by atoms with Gasteiger partial charge in [-0.2, -0.15) is 18.2 Å². The van der Waals surface area contributed by atoms with Crippen LogP contribution in [0.4, 0.5) is 19.0 Å². The molecule has 0 saturated heterocycles. The van der Waals surface area contributed by atoms with E-state index in [1.807, 2.05) is 0 Å². The lowest BCUT2D eigenvalue weighted by molar-refractivity contribution is -0.189. The molecule has 0 aromatic carbocycles. The highest BCUT2D eigenvalue weighted by atomic mass is 35.5. The SMILES string of the molecule is CCNc1nc(OC(C)C(F)(F)F)c(Cl)cc1Cl. The monoisotopic (exact) mass is 302 g/mol. The van der Waals surface area contributed by atoms with Gasteiger partial charge in [0, 0.05) is 6.54 Å². The number of ether oxygens (including phenoxy) is 1. The van der Waals surface area contributed by atoms with Crippen LogP contribution in [0.3, 0.4) is 0 Å². The van der Waals surface area contributed by atoms with E-state index in [1.165, 1.54) is 6.07 Å². The number of anilines is 1. The van der Waals surface area contributed by atoms with Gasteiger partial charge in [0.25, 0.3) is 0 Å². The highest BCUT2D eigenvalue weighted by molar-refractivity contribution is 6.36. The maximum Gasteiger partial charge on any atom is 0.425 e. The molecule has 102 valence electrons. The lowest BCUT2D eigenvalue weighted by atomic mass is 10.4. The first-order valence-corrected chi connectivity index (χ1v) is 5.84. The van der Waals surface area contributed by atoms with Gasteiger partial charge >= 0.3 is 6.18 Å². The Hall–Kier alpha value is -0.880. The lowest BCUT2D eigenvalue weighted by Crippen LogP contribution is -2.31. The molecule has 3 nitrogen and oxygen atoms in total. The van der Waals surface area contributed by atoms with Crippen LogP contribution in [-0.2, 0) is 0 Å². The molecule has 0 radical (unpaired) electrons. The molecule has 18 heavy (non-hydrogen) atoms. The smallest absolute Gasteiger partial charge is 0.425 e. The summed E-state index contributed by atoms with van der Waals surface area (Å²) < 4.78 is 41.8. The Kier molecular flexibility index (Phi) is 4.92. The summed E-state index contributed by atoms with van der Waals surface area (Å²) in [6.07, 6.45) is -6.48. The lowest BCUT2D eigenvalue weighted by Gasteiger charge is -2.18. The van der Waals surface area contributed by atoms with Gasteiger partial charge in [-0.15, -0.1) is 0 Å². The fourth-order valence-corrected chi connectivity index (χ4v) is 1.53. The van der Waals surface area contributed by atoms with Crippen LogP contribution in [0.25, 0.3) is 0 Å². The van der Waals surface area contributed by atoms with E-state index in [0.717, 1.165) is 6.92 Å². The fraction of sp³-hybridized carbons (Fsp3) is 0.500. The van der Waals surface area contributed by atoms with Gasteiger partial charge in [-0.25, -0.2) is 0 Å². The molecule has 1 N–H and O–H groups in total. The largest absolute Gasteiger partial charge is 0.464 e. The summed E-state index contributed by atoms with van der Waals surface area (Å²) in [4.78, 5) is 3.82. The molecule has 8 heteroatoms. The second kappa shape index (κ2) is 5.84. The van der Waals surface area contributed by atoms with Gasteiger partial charge in [0.05, 0.1) is 5.02 Å². The number of alkyl halides is 3. The number of rotatable bonds is 4. The Bertz CT molecular complexity index is 426. The molecule has 1 atom stereocenters. The summed E-state index contributed by atoms with van der Waals surface area (Å²) in [7, 11) is 0. The molecule has 0 aliphatic rings. The molecule has 1 aromatic rings. The predicted octanol–water partition coefficient (Wildman–Crippen LogP) is 4.15. The first-order valence-electron chi connectivity index (χ1n) is 5.09. The van der Waals surface area contributed by atoms with E-state index < -0.39 is 12.3 Å². The van der Waals surface area contributed by atoms with Crippen molar-refractivity contribution in [1.29, 1.82) is 0 Å². The van der Waals surface area contributed by atoms with Crippen molar-refractivity contribution < 1.29 is 17.9 Å². The topological polar surface area (TPSA) is 34.2 Å². The van der Waals surface area contributed by atoms with Crippen molar-refractivity contribution in [2.45, 2.75) is 26.1 Å². The van der Waals surface area contributed by atoms with E-state index in [1.54, 1.807) is 6.92 Å². The zero-order valence-electron chi connectivity index (χ0n) is 9.61. The Labute approximate surface area is 112 Å². The molecule has 0 saturated carbocycles. The normalized spacial score (nSPS) is 13.3. The number of pyridine rings is 1. The van der Waals surface area contributed by atoms with Crippen molar-refractivity contribution in [2.75, 3.05) is 11.9 Å². The molecule has 0 aliphatic heterocycles. The van der Waals surface area contributed by atoms with Crippen molar-refractivity contribution >= 4 is 29.0 Å². The standard InChI is InChI=1S/C10H11Cl2F3N2O/c1-3-16-8-6(11)4-7(12)9(17-8)18-5(2)10(13,14)15/h4-5H,3H2,1-2H3,(H,16,17). The first kappa shape index (κ1) is 15.2. The average molecular weight is 303 g/mol. The third kappa shape index (κ3) is 3.81. The molecular weight excluding hydrogens is 292 g/mol. The van der Waals surface area contributed by atoms with Gasteiger partial charge in [0.15, 0.2) is 6.10 Å². The third-order valence-corrected chi connectivity index (χ3v) is 2.55. The quantitative estimate of drug-likeness (QED) is 0.907. The molecule has 1 unspecified atom stereocenters. The zero-order valence-corrected chi connectivity index (χ0v) is 11.1. The second-order valence-corrected chi connectivity index (χ2v) is 4.25. The Balaban J connectivity index is 2.98. The molecular formula is C10H11Cl2F3N2O. The molecule has 1 aromatic heterocycles. The number of hydrogen-bond acceptors (Lipinski definition) is 3. The van der Waals surface area contributed by atoms with Crippen LogP contribution in [0.15, 0.2) is 6.07 Å². The van der Waals surface area contributed by atoms with E-state index in [9.17, 15) is 13.2 Å². The number of aromatic nitrogens is 1. The molecule has 0 aliphatic carbocycles. The summed E-state index contributed by atoms with van der Waals surface area (Å²) in [5.74, 6) is -0.0743. The van der Waals surface area contributed by atoms with Crippen molar-refractivity contribution in [1.82, 2.24) is 4.98 Å². The van der Waals surface area contributed by atoms with Crippen molar-refractivity contribution in [3.05, 3.63) is 16.1 Å². The fourth-order valence-electron chi connectivity index (χ4n) is 1.06. The summed E-state index contributed by atoms with van der Waals surface area (Å²) in [6.45, 7) is 3.19. The zero-order chi connectivity index (χ0) is 13.9. The summed E-state index contributed by atoms with van der Waals surface area (Å²) in [5, 5.41) is 2.94. The molecule has 1 heterocycles. The van der Waals surface area contributed by atoms with Crippen molar-refractivity contribution in [3.8, 4) is 5.88 Å². The van der Waals surface area contributed by atoms with Crippen molar-refractivity contribution in [2.24, 2.45) is 0 Å². The van der Waals surface area contributed by atoms with Crippen LogP contribution in [0.2, 0.25) is 10.0 Å². The van der Waals surface area contributed by atoms with E-state index in [2.05, 4.69) is 15.0 Å². The Morgan fingerprint density at radius 3 is 2.50 bits per heavy atom. The Morgan fingerprint density at radius 2 is 2.00 bits per heavy atom. The summed E-state index contributed by atoms with van der Waals surface area (Å²) in [6, 6.07) is 1.28. The Morgan fingerprint density at radius 1 is 1.39 bits per heavy atom. The molecule has 0 fully saturated rings. The maximum absolute atomic E-state index is 12.4. The number of hydrogen-bond donors (Lipinski definition) is 1. The minimum absolute atomic E-state index is 0.0715. The average Bonchev–Trinajstić information content (AvgIpc) is 2.23. The number of halogens is 5. The van der Waals surface area contributed by atoms with Crippen LogP contribution in [0.1, 0.15) is 13.8 Å². The predicted molar refractivity (Wildman–Crippen MR) is 64.6 cm³/mol. The maximum atomic E-state index is 12.4.